The number of rotatable bonds is 10. The predicted octanol–water partition coefficient (Wildman–Crippen LogP) is 4.57. The second-order valence-corrected chi connectivity index (χ2v) is 10.8. The molecule has 0 amide bonds. The summed E-state index contributed by atoms with van der Waals surface area (Å²) in [6, 6.07) is 9.56. The van der Waals surface area contributed by atoms with Gasteiger partial charge in [-0.25, -0.2) is 17.2 Å². The number of aliphatic hydroxyl groups is 1. The molecule has 0 fully saturated rings. The monoisotopic (exact) mass is 544 g/mol. The highest BCUT2D eigenvalue weighted by Gasteiger charge is 2.29. The van der Waals surface area contributed by atoms with Crippen LogP contribution >= 0.6 is 0 Å². The molecule has 0 bridgehead atoms. The largest absolute Gasteiger partial charge is 0.497 e. The summed E-state index contributed by atoms with van der Waals surface area (Å²) in [4.78, 5) is 16.8. The van der Waals surface area contributed by atoms with Gasteiger partial charge in [-0.3, -0.25) is 4.79 Å². The molecule has 0 saturated heterocycles. The summed E-state index contributed by atoms with van der Waals surface area (Å²) in [5, 5.41) is 12.6. The number of halogens is 2. The van der Waals surface area contributed by atoms with Crippen molar-refractivity contribution in [3.05, 3.63) is 83.1 Å². The summed E-state index contributed by atoms with van der Waals surface area (Å²) >= 11 is 0. The quantitative estimate of drug-likeness (QED) is 0.250. The number of fused-ring (bicyclic) bond motifs is 1. The third-order valence-corrected chi connectivity index (χ3v) is 7.00. The number of sulfone groups is 1. The maximum atomic E-state index is 14.6. The lowest BCUT2D eigenvalue weighted by Gasteiger charge is -2.23. The lowest BCUT2D eigenvalue weighted by atomic mass is 9.95. The summed E-state index contributed by atoms with van der Waals surface area (Å²) in [6.07, 6.45) is 2.42. The number of benzene rings is 3. The molecule has 0 radical (unpaired) electrons. The Labute approximate surface area is 218 Å². The van der Waals surface area contributed by atoms with E-state index in [2.05, 4.69) is 10.3 Å². The van der Waals surface area contributed by atoms with E-state index in [-0.39, 0.29) is 51.9 Å². The van der Waals surface area contributed by atoms with Crippen molar-refractivity contribution < 1.29 is 36.6 Å². The van der Waals surface area contributed by atoms with Crippen LogP contribution in [-0.4, -0.2) is 50.9 Å². The molecule has 1 atom stereocenters. The van der Waals surface area contributed by atoms with E-state index < -0.39 is 33.3 Å². The summed E-state index contributed by atoms with van der Waals surface area (Å²) in [5.41, 5.74) is 1.35. The minimum atomic E-state index is -3.64. The van der Waals surface area contributed by atoms with Crippen molar-refractivity contribution >= 4 is 32.2 Å². The van der Waals surface area contributed by atoms with Crippen molar-refractivity contribution in [2.75, 3.05) is 31.9 Å². The van der Waals surface area contributed by atoms with Crippen molar-refractivity contribution in [2.24, 2.45) is 0 Å². The molecule has 4 rings (SSSR count). The van der Waals surface area contributed by atoms with E-state index in [1.165, 1.54) is 43.6 Å². The standard InChI is InChI=1S/C27H26F2N2O6S/c1-15-8-21-22(14-30-25(21)23(29)9-15)27(33)26(20-5-4-16(28)10-24(20)37-7-6-32)31-17-11-18(36-2)13-19(12-17)38(3,34)35/h4-5,8-14,26,30-32H,6-7H2,1-3H3. The molecule has 0 aliphatic carbocycles. The Morgan fingerprint density at radius 3 is 2.58 bits per heavy atom. The van der Waals surface area contributed by atoms with Crippen LogP contribution in [0.2, 0.25) is 0 Å². The normalized spacial score (nSPS) is 12.4. The van der Waals surface area contributed by atoms with Crippen molar-refractivity contribution in [3.8, 4) is 11.5 Å². The Morgan fingerprint density at radius 1 is 1.13 bits per heavy atom. The van der Waals surface area contributed by atoms with Crippen LogP contribution in [0.25, 0.3) is 10.9 Å². The number of carbonyl (C=O) groups is 1. The van der Waals surface area contributed by atoms with E-state index >= 15 is 0 Å². The van der Waals surface area contributed by atoms with Gasteiger partial charge in [0.05, 0.1) is 24.1 Å². The first-order valence-corrected chi connectivity index (χ1v) is 13.4. The van der Waals surface area contributed by atoms with Gasteiger partial charge >= 0.3 is 0 Å². The molecule has 0 aliphatic heterocycles. The van der Waals surface area contributed by atoms with E-state index in [1.54, 1.807) is 13.0 Å². The van der Waals surface area contributed by atoms with Crippen LogP contribution in [0, 0.1) is 18.6 Å². The van der Waals surface area contributed by atoms with Crippen LogP contribution in [0.1, 0.15) is 27.5 Å². The molecule has 1 aromatic heterocycles. The Hall–Kier alpha value is -3.96. The number of H-pyrrole nitrogens is 1. The Morgan fingerprint density at radius 2 is 1.89 bits per heavy atom. The predicted molar refractivity (Wildman–Crippen MR) is 139 cm³/mol. The first-order chi connectivity index (χ1) is 18.0. The van der Waals surface area contributed by atoms with Crippen LogP contribution in [0.4, 0.5) is 14.5 Å². The number of methoxy groups -OCH3 is 1. The van der Waals surface area contributed by atoms with Gasteiger partial charge in [-0.15, -0.1) is 0 Å². The second kappa shape index (κ2) is 10.8. The molecule has 0 spiro atoms. The lowest BCUT2D eigenvalue weighted by molar-refractivity contribution is 0.0969. The molecule has 200 valence electrons. The number of carbonyl (C=O) groups excluding carboxylic acids is 1. The van der Waals surface area contributed by atoms with E-state index in [4.69, 9.17) is 9.47 Å². The van der Waals surface area contributed by atoms with Crippen molar-refractivity contribution in [1.82, 2.24) is 4.98 Å². The molecule has 3 aromatic carbocycles. The Balaban J connectivity index is 1.90. The first kappa shape index (κ1) is 27.1. The lowest BCUT2D eigenvalue weighted by Crippen LogP contribution is -2.23. The molecule has 0 saturated carbocycles. The Kier molecular flexibility index (Phi) is 7.70. The average molecular weight is 545 g/mol. The zero-order chi connectivity index (χ0) is 27.6. The zero-order valence-electron chi connectivity index (χ0n) is 20.8. The molecular weight excluding hydrogens is 518 g/mol. The van der Waals surface area contributed by atoms with E-state index in [9.17, 15) is 27.1 Å². The fourth-order valence-corrected chi connectivity index (χ4v) is 4.82. The summed E-state index contributed by atoms with van der Waals surface area (Å²) in [7, 11) is -2.27. The number of nitrogens with one attached hydrogen (secondary N) is 2. The fourth-order valence-electron chi connectivity index (χ4n) is 4.15. The average Bonchev–Trinajstić information content (AvgIpc) is 3.29. The molecule has 3 N–H and O–H groups in total. The van der Waals surface area contributed by atoms with Crippen LogP contribution in [0.3, 0.4) is 0 Å². The van der Waals surface area contributed by atoms with Crippen LogP contribution in [0.15, 0.2) is 59.6 Å². The van der Waals surface area contributed by atoms with Gasteiger partial charge in [0, 0.05) is 46.8 Å². The smallest absolute Gasteiger partial charge is 0.191 e. The molecule has 0 aliphatic rings. The SMILES string of the molecule is COc1cc(NC(C(=O)c2c[nH]c3c(F)cc(C)cc23)c2ccc(F)cc2OCCO)cc(S(C)(=O)=O)c1. The van der Waals surface area contributed by atoms with Gasteiger partial charge in [-0.2, -0.15) is 0 Å². The minimum absolute atomic E-state index is 0.00154. The number of aromatic amines is 1. The molecule has 1 heterocycles. The fraction of sp³-hybridized carbons (Fsp3) is 0.222. The van der Waals surface area contributed by atoms with Gasteiger partial charge in [0.25, 0.3) is 0 Å². The number of anilines is 1. The van der Waals surface area contributed by atoms with Crippen molar-refractivity contribution in [1.29, 1.82) is 0 Å². The maximum Gasteiger partial charge on any atom is 0.191 e. The van der Waals surface area contributed by atoms with Gasteiger partial charge in [0.2, 0.25) is 0 Å². The highest BCUT2D eigenvalue weighted by molar-refractivity contribution is 7.90. The number of hydrogen-bond donors (Lipinski definition) is 3. The van der Waals surface area contributed by atoms with Crippen LogP contribution in [-0.2, 0) is 9.84 Å². The van der Waals surface area contributed by atoms with Gasteiger partial charge in [0.1, 0.15) is 35.8 Å². The molecule has 4 aromatic rings. The number of ether oxygens (including phenoxy) is 2. The number of ketones is 1. The number of aliphatic hydroxyl groups excluding tert-OH is 1. The van der Waals surface area contributed by atoms with Gasteiger partial charge in [-0.1, -0.05) is 0 Å². The van der Waals surface area contributed by atoms with Crippen LogP contribution in [0.5, 0.6) is 11.5 Å². The molecule has 8 nitrogen and oxygen atoms in total. The number of Topliss-reactive ketones (excluding diaryl/α,β-unsaturated/α-hetero) is 1. The van der Waals surface area contributed by atoms with Crippen molar-refractivity contribution in [2.45, 2.75) is 17.9 Å². The molecular formula is C27H26F2N2O6S. The Bertz CT molecular complexity index is 1620. The molecule has 11 heteroatoms. The van der Waals surface area contributed by atoms with E-state index in [1.807, 2.05) is 0 Å². The van der Waals surface area contributed by atoms with Gasteiger partial charge < -0.3 is 24.9 Å². The number of hydrogen-bond acceptors (Lipinski definition) is 7. The van der Waals surface area contributed by atoms with Crippen LogP contribution < -0.4 is 14.8 Å². The maximum absolute atomic E-state index is 14.6. The molecule has 38 heavy (non-hydrogen) atoms. The van der Waals surface area contributed by atoms with E-state index in [0.717, 1.165) is 18.4 Å². The highest BCUT2D eigenvalue weighted by atomic mass is 32.2. The third kappa shape index (κ3) is 5.63. The minimum Gasteiger partial charge on any atom is -0.497 e. The number of aromatic nitrogens is 1. The molecule has 1 unspecified atom stereocenters. The second-order valence-electron chi connectivity index (χ2n) is 8.74. The number of aryl methyl sites for hydroxylation is 1. The van der Waals surface area contributed by atoms with Gasteiger partial charge in [0.15, 0.2) is 15.6 Å². The summed E-state index contributed by atoms with van der Waals surface area (Å²) in [5.74, 6) is -1.45. The topological polar surface area (TPSA) is 118 Å². The van der Waals surface area contributed by atoms with E-state index in [0.29, 0.717) is 10.9 Å². The van der Waals surface area contributed by atoms with Gasteiger partial charge in [-0.05, 0) is 48.9 Å². The highest BCUT2D eigenvalue weighted by Crippen LogP contribution is 2.35. The first-order valence-electron chi connectivity index (χ1n) is 11.5. The van der Waals surface area contributed by atoms with Crippen molar-refractivity contribution in [3.63, 3.8) is 0 Å². The summed E-state index contributed by atoms with van der Waals surface area (Å²) in [6.45, 7) is 1.19. The zero-order valence-corrected chi connectivity index (χ0v) is 21.7. The third-order valence-electron chi connectivity index (χ3n) is 5.90. The summed E-state index contributed by atoms with van der Waals surface area (Å²) < 4.78 is 64.0.